The standard InChI is InChI=1S/C13H21N/c1-5-6-11-7-10(4)8-12(14)13(11)9(2)3/h7-9H,5-6,14H2,1-4H3. The number of hydrogen-bond acceptors (Lipinski definition) is 1. The molecule has 1 nitrogen and oxygen atoms in total. The summed E-state index contributed by atoms with van der Waals surface area (Å²) in [5, 5.41) is 0. The zero-order valence-corrected chi connectivity index (χ0v) is 9.72. The van der Waals surface area contributed by atoms with E-state index in [2.05, 4.69) is 39.8 Å². The number of nitrogens with two attached hydrogens (primary N) is 1. The SMILES string of the molecule is CCCc1cc(C)cc(N)c1C(C)C. The van der Waals surface area contributed by atoms with Crippen molar-refractivity contribution in [3.05, 3.63) is 28.8 Å². The van der Waals surface area contributed by atoms with Gasteiger partial charge in [-0.1, -0.05) is 33.3 Å². The van der Waals surface area contributed by atoms with Crippen molar-refractivity contribution in [2.75, 3.05) is 5.73 Å². The molecule has 78 valence electrons. The third-order valence-corrected chi connectivity index (χ3v) is 2.54. The third-order valence-electron chi connectivity index (χ3n) is 2.54. The molecule has 0 unspecified atom stereocenters. The largest absolute Gasteiger partial charge is 0.398 e. The van der Waals surface area contributed by atoms with Crippen LogP contribution < -0.4 is 5.73 Å². The van der Waals surface area contributed by atoms with E-state index in [1.807, 2.05) is 0 Å². The average molecular weight is 191 g/mol. The topological polar surface area (TPSA) is 26.0 Å². The molecule has 0 saturated carbocycles. The quantitative estimate of drug-likeness (QED) is 0.725. The highest BCUT2D eigenvalue weighted by atomic mass is 14.6. The molecule has 1 aromatic rings. The van der Waals surface area contributed by atoms with E-state index in [0.717, 1.165) is 12.1 Å². The maximum Gasteiger partial charge on any atom is 0.0354 e. The lowest BCUT2D eigenvalue weighted by atomic mass is 9.91. The Kier molecular flexibility index (Phi) is 3.56. The predicted molar refractivity (Wildman–Crippen MR) is 63.7 cm³/mol. The summed E-state index contributed by atoms with van der Waals surface area (Å²) in [7, 11) is 0. The van der Waals surface area contributed by atoms with Crippen LogP contribution in [-0.2, 0) is 6.42 Å². The van der Waals surface area contributed by atoms with Gasteiger partial charge in [0.25, 0.3) is 0 Å². The summed E-state index contributed by atoms with van der Waals surface area (Å²) in [5.74, 6) is 0.525. The molecule has 0 radical (unpaired) electrons. The minimum atomic E-state index is 0.525. The Labute approximate surface area is 87.3 Å². The Morgan fingerprint density at radius 2 is 1.93 bits per heavy atom. The van der Waals surface area contributed by atoms with E-state index in [9.17, 15) is 0 Å². The minimum absolute atomic E-state index is 0.525. The van der Waals surface area contributed by atoms with Crippen LogP contribution in [0.3, 0.4) is 0 Å². The molecular formula is C13H21N. The Hall–Kier alpha value is -0.980. The van der Waals surface area contributed by atoms with E-state index in [4.69, 9.17) is 5.73 Å². The Balaban J connectivity index is 3.21. The van der Waals surface area contributed by atoms with E-state index in [-0.39, 0.29) is 0 Å². The van der Waals surface area contributed by atoms with Crippen molar-refractivity contribution < 1.29 is 0 Å². The number of benzene rings is 1. The lowest BCUT2D eigenvalue weighted by Gasteiger charge is -2.16. The van der Waals surface area contributed by atoms with Gasteiger partial charge in [0.15, 0.2) is 0 Å². The molecule has 0 spiro atoms. The molecule has 14 heavy (non-hydrogen) atoms. The van der Waals surface area contributed by atoms with Crippen molar-refractivity contribution >= 4 is 5.69 Å². The minimum Gasteiger partial charge on any atom is -0.398 e. The molecule has 0 saturated heterocycles. The molecule has 0 bridgehead atoms. The second-order valence-corrected chi connectivity index (χ2v) is 4.33. The number of nitrogen functional groups attached to an aromatic ring is 1. The number of aryl methyl sites for hydroxylation is 2. The van der Waals surface area contributed by atoms with Crippen LogP contribution >= 0.6 is 0 Å². The first kappa shape index (κ1) is 11.1. The molecular weight excluding hydrogens is 170 g/mol. The highest BCUT2D eigenvalue weighted by Crippen LogP contribution is 2.28. The van der Waals surface area contributed by atoms with Crippen LogP contribution in [0.5, 0.6) is 0 Å². The fraction of sp³-hybridized carbons (Fsp3) is 0.538. The Morgan fingerprint density at radius 3 is 2.43 bits per heavy atom. The van der Waals surface area contributed by atoms with Gasteiger partial charge >= 0.3 is 0 Å². The van der Waals surface area contributed by atoms with Crippen LogP contribution in [-0.4, -0.2) is 0 Å². The second-order valence-electron chi connectivity index (χ2n) is 4.33. The maximum absolute atomic E-state index is 6.05. The molecule has 2 N–H and O–H groups in total. The zero-order valence-electron chi connectivity index (χ0n) is 9.72. The van der Waals surface area contributed by atoms with Crippen LogP contribution in [0.25, 0.3) is 0 Å². The van der Waals surface area contributed by atoms with Crippen molar-refractivity contribution in [1.82, 2.24) is 0 Å². The fourth-order valence-electron chi connectivity index (χ4n) is 2.08. The van der Waals surface area contributed by atoms with Gasteiger partial charge in [-0.25, -0.2) is 0 Å². The predicted octanol–water partition coefficient (Wildman–Crippen LogP) is 3.65. The molecule has 0 aromatic heterocycles. The fourth-order valence-corrected chi connectivity index (χ4v) is 2.08. The second kappa shape index (κ2) is 4.50. The van der Waals surface area contributed by atoms with Crippen molar-refractivity contribution in [2.24, 2.45) is 0 Å². The van der Waals surface area contributed by atoms with E-state index in [0.29, 0.717) is 5.92 Å². The Morgan fingerprint density at radius 1 is 1.29 bits per heavy atom. The molecule has 1 heteroatoms. The van der Waals surface area contributed by atoms with Gasteiger partial charge in [-0.15, -0.1) is 0 Å². The van der Waals surface area contributed by atoms with Gasteiger partial charge in [-0.3, -0.25) is 0 Å². The van der Waals surface area contributed by atoms with Crippen LogP contribution in [0.2, 0.25) is 0 Å². The van der Waals surface area contributed by atoms with Crippen molar-refractivity contribution in [3.8, 4) is 0 Å². The van der Waals surface area contributed by atoms with Gasteiger partial charge in [0.1, 0.15) is 0 Å². The summed E-state index contributed by atoms with van der Waals surface area (Å²) in [4.78, 5) is 0. The van der Waals surface area contributed by atoms with E-state index in [1.54, 1.807) is 0 Å². The van der Waals surface area contributed by atoms with E-state index in [1.165, 1.54) is 23.1 Å². The molecule has 0 aliphatic rings. The first-order valence-corrected chi connectivity index (χ1v) is 5.45. The van der Waals surface area contributed by atoms with Crippen molar-refractivity contribution in [1.29, 1.82) is 0 Å². The van der Waals surface area contributed by atoms with Gasteiger partial charge < -0.3 is 5.73 Å². The molecule has 0 aliphatic carbocycles. The van der Waals surface area contributed by atoms with Crippen molar-refractivity contribution in [2.45, 2.75) is 46.5 Å². The summed E-state index contributed by atoms with van der Waals surface area (Å²) >= 11 is 0. The number of hydrogen-bond donors (Lipinski definition) is 1. The lowest BCUT2D eigenvalue weighted by molar-refractivity contribution is 0.822. The molecule has 0 fully saturated rings. The highest BCUT2D eigenvalue weighted by molar-refractivity contribution is 5.55. The average Bonchev–Trinajstić information content (AvgIpc) is 2.01. The van der Waals surface area contributed by atoms with Crippen LogP contribution in [0, 0.1) is 6.92 Å². The summed E-state index contributed by atoms with van der Waals surface area (Å²) in [6.45, 7) is 8.74. The van der Waals surface area contributed by atoms with Crippen molar-refractivity contribution in [3.63, 3.8) is 0 Å². The van der Waals surface area contributed by atoms with Crippen LogP contribution in [0.1, 0.15) is 49.8 Å². The Bertz CT molecular complexity index is 313. The molecule has 1 rings (SSSR count). The monoisotopic (exact) mass is 191 g/mol. The summed E-state index contributed by atoms with van der Waals surface area (Å²) < 4.78 is 0. The zero-order chi connectivity index (χ0) is 10.7. The third kappa shape index (κ3) is 2.28. The van der Waals surface area contributed by atoms with Gasteiger partial charge in [0.2, 0.25) is 0 Å². The van der Waals surface area contributed by atoms with E-state index < -0.39 is 0 Å². The molecule has 0 atom stereocenters. The first-order valence-electron chi connectivity index (χ1n) is 5.45. The lowest BCUT2D eigenvalue weighted by Crippen LogP contribution is -2.03. The van der Waals surface area contributed by atoms with Crippen LogP contribution in [0.4, 0.5) is 5.69 Å². The number of anilines is 1. The van der Waals surface area contributed by atoms with Crippen LogP contribution in [0.15, 0.2) is 12.1 Å². The van der Waals surface area contributed by atoms with Gasteiger partial charge in [-0.05, 0) is 42.0 Å². The molecule has 0 amide bonds. The number of rotatable bonds is 3. The van der Waals surface area contributed by atoms with E-state index >= 15 is 0 Å². The summed E-state index contributed by atoms with van der Waals surface area (Å²) in [6.07, 6.45) is 2.32. The van der Waals surface area contributed by atoms with Gasteiger partial charge in [-0.2, -0.15) is 0 Å². The van der Waals surface area contributed by atoms with Gasteiger partial charge in [0.05, 0.1) is 0 Å². The first-order chi connectivity index (χ1) is 6.56. The normalized spacial score (nSPS) is 10.9. The summed E-state index contributed by atoms with van der Waals surface area (Å²) in [6, 6.07) is 4.35. The maximum atomic E-state index is 6.05. The summed E-state index contributed by atoms with van der Waals surface area (Å²) in [5.41, 5.74) is 11.1. The molecule has 1 aromatic carbocycles. The molecule has 0 aliphatic heterocycles. The smallest absolute Gasteiger partial charge is 0.0354 e. The molecule has 0 heterocycles. The van der Waals surface area contributed by atoms with Gasteiger partial charge in [0, 0.05) is 5.69 Å². The highest BCUT2D eigenvalue weighted by Gasteiger charge is 2.10.